The van der Waals surface area contributed by atoms with E-state index in [2.05, 4.69) is 0 Å². The molecular formula is C6H13NO. The van der Waals surface area contributed by atoms with Gasteiger partial charge in [0.05, 0.1) is 6.26 Å². The predicted molar refractivity (Wildman–Crippen MR) is 34.5 cm³/mol. The lowest BCUT2D eigenvalue weighted by Gasteiger charge is -2.06. The molecule has 0 atom stereocenters. The van der Waals surface area contributed by atoms with Crippen LogP contribution >= 0.6 is 0 Å². The molecule has 0 aromatic rings. The van der Waals surface area contributed by atoms with E-state index in [0.29, 0.717) is 6.73 Å². The first kappa shape index (κ1) is 7.50. The maximum absolute atomic E-state index is 4.99. The van der Waals surface area contributed by atoms with E-state index in [1.54, 1.807) is 6.26 Å². The van der Waals surface area contributed by atoms with Crippen molar-refractivity contribution in [3.63, 3.8) is 0 Å². The van der Waals surface area contributed by atoms with Crippen molar-refractivity contribution in [1.29, 1.82) is 0 Å². The van der Waals surface area contributed by atoms with Gasteiger partial charge in [-0.25, -0.2) is 0 Å². The van der Waals surface area contributed by atoms with Crippen LogP contribution in [0.3, 0.4) is 0 Å². The predicted octanol–water partition coefficient (Wildman–Crippen LogP) is 1.06. The first-order valence-corrected chi connectivity index (χ1v) is 2.65. The zero-order valence-electron chi connectivity index (χ0n) is 5.72. The molecule has 0 heterocycles. The first-order valence-electron chi connectivity index (χ1n) is 2.65. The molecule has 0 aliphatic heterocycles. The molecule has 0 unspecified atom stereocenters. The number of hydrogen-bond acceptors (Lipinski definition) is 2. The largest absolute Gasteiger partial charge is 0.486 e. The zero-order valence-corrected chi connectivity index (χ0v) is 5.72. The van der Waals surface area contributed by atoms with Crippen LogP contribution in [0.15, 0.2) is 12.3 Å². The highest BCUT2D eigenvalue weighted by Gasteiger charge is 1.81. The highest BCUT2D eigenvalue weighted by Crippen LogP contribution is 1.78. The van der Waals surface area contributed by atoms with Crippen molar-refractivity contribution in [2.75, 3.05) is 20.8 Å². The summed E-state index contributed by atoms with van der Waals surface area (Å²) in [6.45, 7) is 2.58. The summed E-state index contributed by atoms with van der Waals surface area (Å²) in [6, 6.07) is 0. The average molecular weight is 115 g/mol. The third-order valence-electron chi connectivity index (χ3n) is 0.565. The molecule has 48 valence electrons. The lowest BCUT2D eigenvalue weighted by atomic mass is 10.7. The summed E-state index contributed by atoms with van der Waals surface area (Å²) in [5, 5.41) is 0. The van der Waals surface area contributed by atoms with Crippen LogP contribution < -0.4 is 0 Å². The molecule has 0 bridgehead atoms. The fourth-order valence-electron chi connectivity index (χ4n) is 0.288. The Kier molecular flexibility index (Phi) is 4.36. The second-order valence-corrected chi connectivity index (χ2v) is 1.84. The second kappa shape index (κ2) is 4.65. The van der Waals surface area contributed by atoms with Gasteiger partial charge in [0.2, 0.25) is 0 Å². The molecule has 8 heavy (non-hydrogen) atoms. The monoisotopic (exact) mass is 115 g/mol. The molecule has 0 aromatic carbocycles. The van der Waals surface area contributed by atoms with Gasteiger partial charge >= 0.3 is 0 Å². The summed E-state index contributed by atoms with van der Waals surface area (Å²) < 4.78 is 4.99. The summed E-state index contributed by atoms with van der Waals surface area (Å²) >= 11 is 0. The summed E-state index contributed by atoms with van der Waals surface area (Å²) in [6.07, 6.45) is 3.55. The Hall–Kier alpha value is -0.500. The summed E-state index contributed by atoms with van der Waals surface area (Å²) in [7, 11) is 3.92. The molecule has 0 spiro atoms. The van der Waals surface area contributed by atoms with Gasteiger partial charge in [0.1, 0.15) is 6.73 Å². The van der Waals surface area contributed by atoms with Crippen LogP contribution in [0, 0.1) is 0 Å². The van der Waals surface area contributed by atoms with Crippen LogP contribution in [-0.2, 0) is 4.74 Å². The quantitative estimate of drug-likeness (QED) is 0.403. The molecule has 2 heteroatoms. The van der Waals surface area contributed by atoms with Gasteiger partial charge in [0.15, 0.2) is 0 Å². The van der Waals surface area contributed by atoms with Crippen molar-refractivity contribution in [3.8, 4) is 0 Å². The minimum atomic E-state index is 0.657. The topological polar surface area (TPSA) is 12.5 Å². The molecular weight excluding hydrogens is 102 g/mol. The Labute approximate surface area is 50.7 Å². The minimum Gasteiger partial charge on any atom is -0.486 e. The van der Waals surface area contributed by atoms with Crippen LogP contribution in [0.5, 0.6) is 0 Å². The standard InChI is InChI=1S/C6H13NO/c1-4-5-8-6-7(2)3/h4-5H,6H2,1-3H3. The van der Waals surface area contributed by atoms with Crippen LogP contribution in [0.25, 0.3) is 0 Å². The van der Waals surface area contributed by atoms with E-state index < -0.39 is 0 Å². The molecule has 2 nitrogen and oxygen atoms in total. The van der Waals surface area contributed by atoms with E-state index in [-0.39, 0.29) is 0 Å². The Bertz CT molecular complexity index is 68.9. The van der Waals surface area contributed by atoms with Gasteiger partial charge in [0.25, 0.3) is 0 Å². The van der Waals surface area contributed by atoms with Crippen LogP contribution in [-0.4, -0.2) is 25.7 Å². The molecule has 0 aliphatic carbocycles. The molecule has 0 aliphatic rings. The van der Waals surface area contributed by atoms with E-state index in [1.807, 2.05) is 32.0 Å². The van der Waals surface area contributed by atoms with Gasteiger partial charge in [0, 0.05) is 0 Å². The van der Waals surface area contributed by atoms with E-state index in [0.717, 1.165) is 0 Å². The van der Waals surface area contributed by atoms with Crippen molar-refractivity contribution < 1.29 is 4.74 Å². The SMILES string of the molecule is CC=COCN(C)C. The third-order valence-corrected chi connectivity index (χ3v) is 0.565. The Morgan fingerprint density at radius 3 is 2.50 bits per heavy atom. The van der Waals surface area contributed by atoms with Crippen molar-refractivity contribution in [2.24, 2.45) is 0 Å². The first-order chi connectivity index (χ1) is 3.77. The molecule has 0 saturated carbocycles. The minimum absolute atomic E-state index is 0.657. The highest BCUT2D eigenvalue weighted by atomic mass is 16.5. The number of nitrogens with zero attached hydrogens (tertiary/aromatic N) is 1. The van der Waals surface area contributed by atoms with Crippen molar-refractivity contribution >= 4 is 0 Å². The lowest BCUT2D eigenvalue weighted by molar-refractivity contribution is 0.133. The number of allylic oxidation sites excluding steroid dienone is 1. The van der Waals surface area contributed by atoms with E-state index >= 15 is 0 Å². The van der Waals surface area contributed by atoms with Gasteiger partial charge in [-0.1, -0.05) is 6.08 Å². The van der Waals surface area contributed by atoms with E-state index in [4.69, 9.17) is 4.74 Å². The van der Waals surface area contributed by atoms with Crippen molar-refractivity contribution in [2.45, 2.75) is 6.92 Å². The fourth-order valence-corrected chi connectivity index (χ4v) is 0.288. The smallest absolute Gasteiger partial charge is 0.140 e. The highest BCUT2D eigenvalue weighted by molar-refractivity contribution is 4.64. The lowest BCUT2D eigenvalue weighted by Crippen LogP contribution is -2.13. The molecule has 0 aromatic heterocycles. The van der Waals surface area contributed by atoms with Crippen molar-refractivity contribution in [1.82, 2.24) is 4.90 Å². The summed E-state index contributed by atoms with van der Waals surface area (Å²) in [4.78, 5) is 1.96. The zero-order chi connectivity index (χ0) is 6.41. The number of rotatable bonds is 3. The molecule has 0 radical (unpaired) electrons. The van der Waals surface area contributed by atoms with Crippen LogP contribution in [0.1, 0.15) is 6.92 Å². The van der Waals surface area contributed by atoms with E-state index in [1.165, 1.54) is 0 Å². The van der Waals surface area contributed by atoms with Gasteiger partial charge in [-0.15, -0.1) is 0 Å². The van der Waals surface area contributed by atoms with E-state index in [9.17, 15) is 0 Å². The molecule has 0 amide bonds. The summed E-state index contributed by atoms with van der Waals surface area (Å²) in [5.41, 5.74) is 0. The Balaban J connectivity index is 2.93. The normalized spacial score (nSPS) is 11.0. The Morgan fingerprint density at radius 1 is 1.50 bits per heavy atom. The fraction of sp³-hybridized carbons (Fsp3) is 0.667. The summed E-state index contributed by atoms with van der Waals surface area (Å²) in [5.74, 6) is 0. The van der Waals surface area contributed by atoms with Gasteiger partial charge < -0.3 is 4.74 Å². The van der Waals surface area contributed by atoms with Gasteiger partial charge in [-0.05, 0) is 21.0 Å². The molecule has 0 N–H and O–H groups in total. The molecule has 0 fully saturated rings. The van der Waals surface area contributed by atoms with Crippen LogP contribution in [0.2, 0.25) is 0 Å². The maximum atomic E-state index is 4.99. The van der Waals surface area contributed by atoms with Crippen LogP contribution in [0.4, 0.5) is 0 Å². The maximum Gasteiger partial charge on any atom is 0.140 e. The number of hydrogen-bond donors (Lipinski definition) is 0. The second-order valence-electron chi connectivity index (χ2n) is 1.84. The Morgan fingerprint density at radius 2 is 2.12 bits per heavy atom. The van der Waals surface area contributed by atoms with Gasteiger partial charge in [-0.2, -0.15) is 0 Å². The number of ether oxygens (including phenoxy) is 1. The third kappa shape index (κ3) is 5.50. The molecule has 0 rings (SSSR count). The van der Waals surface area contributed by atoms with Gasteiger partial charge in [-0.3, -0.25) is 4.90 Å². The average Bonchev–Trinajstić information content (AvgIpc) is 1.66. The molecule has 0 saturated heterocycles. The van der Waals surface area contributed by atoms with Crippen molar-refractivity contribution in [3.05, 3.63) is 12.3 Å².